The second-order valence-corrected chi connectivity index (χ2v) is 9.48. The predicted octanol–water partition coefficient (Wildman–Crippen LogP) is 2.39. The van der Waals surface area contributed by atoms with Gasteiger partial charge in [-0.1, -0.05) is 18.2 Å². The molecule has 172 valence electrons. The van der Waals surface area contributed by atoms with Crippen LogP contribution in [0.4, 0.5) is 11.5 Å². The van der Waals surface area contributed by atoms with Crippen LogP contribution in [0.2, 0.25) is 0 Å². The molecule has 2 heterocycles. The summed E-state index contributed by atoms with van der Waals surface area (Å²) in [6.07, 6.45) is 4.19. The van der Waals surface area contributed by atoms with E-state index in [9.17, 15) is 13.2 Å². The average molecular weight is 468 g/mol. The standard InChI is InChI=1S/C23H25N5O4S/c1-18(32-20-5-3-2-4-6-20)23(29)26-19-7-9-21(10-8-19)33(30,31)28-15-13-27(14-16-28)22-17-24-11-12-25-22/h2-12,17-18H,13-16H2,1H3,(H,26,29)/t18-/m1/s1. The van der Waals surface area contributed by atoms with Crippen LogP contribution in [0.1, 0.15) is 6.92 Å². The highest BCUT2D eigenvalue weighted by atomic mass is 32.2. The fourth-order valence-corrected chi connectivity index (χ4v) is 4.89. The Kier molecular flexibility index (Phi) is 6.85. The minimum atomic E-state index is -3.64. The zero-order valence-electron chi connectivity index (χ0n) is 18.2. The van der Waals surface area contributed by atoms with Crippen LogP contribution in [0.25, 0.3) is 0 Å². The third-order valence-corrected chi connectivity index (χ3v) is 7.21. The van der Waals surface area contributed by atoms with E-state index in [0.29, 0.717) is 37.6 Å². The van der Waals surface area contributed by atoms with Crippen molar-refractivity contribution < 1.29 is 17.9 Å². The maximum absolute atomic E-state index is 13.0. The fourth-order valence-electron chi connectivity index (χ4n) is 3.47. The van der Waals surface area contributed by atoms with Gasteiger partial charge in [0, 0.05) is 44.3 Å². The molecule has 9 nitrogen and oxygen atoms in total. The Morgan fingerprint density at radius 2 is 1.70 bits per heavy atom. The lowest BCUT2D eigenvalue weighted by Crippen LogP contribution is -2.48. The number of carbonyl (C=O) groups excluding carboxylic acids is 1. The van der Waals surface area contributed by atoms with Gasteiger partial charge in [-0.2, -0.15) is 4.31 Å². The van der Waals surface area contributed by atoms with Crippen LogP contribution in [0.3, 0.4) is 0 Å². The molecule has 1 N–H and O–H groups in total. The fraction of sp³-hybridized carbons (Fsp3) is 0.261. The van der Waals surface area contributed by atoms with E-state index in [1.807, 2.05) is 23.1 Å². The van der Waals surface area contributed by atoms with E-state index in [0.717, 1.165) is 5.82 Å². The van der Waals surface area contributed by atoms with Gasteiger partial charge in [0.25, 0.3) is 5.91 Å². The number of sulfonamides is 1. The Morgan fingerprint density at radius 3 is 2.33 bits per heavy atom. The van der Waals surface area contributed by atoms with Gasteiger partial charge in [0.2, 0.25) is 10.0 Å². The lowest BCUT2D eigenvalue weighted by Gasteiger charge is -2.34. The molecule has 0 radical (unpaired) electrons. The lowest BCUT2D eigenvalue weighted by molar-refractivity contribution is -0.122. The number of hydrogen-bond acceptors (Lipinski definition) is 7. The van der Waals surface area contributed by atoms with E-state index < -0.39 is 16.1 Å². The molecule has 0 aliphatic carbocycles. The van der Waals surface area contributed by atoms with Gasteiger partial charge in [0.1, 0.15) is 11.6 Å². The van der Waals surface area contributed by atoms with Crippen LogP contribution in [0.15, 0.2) is 78.1 Å². The summed E-state index contributed by atoms with van der Waals surface area (Å²) in [5, 5.41) is 2.75. The summed E-state index contributed by atoms with van der Waals surface area (Å²) >= 11 is 0. The number of aromatic nitrogens is 2. The summed E-state index contributed by atoms with van der Waals surface area (Å²) in [5.41, 5.74) is 0.495. The normalized spacial score (nSPS) is 15.6. The summed E-state index contributed by atoms with van der Waals surface area (Å²) in [7, 11) is -3.64. The Hall–Kier alpha value is -3.50. The van der Waals surface area contributed by atoms with Crippen molar-refractivity contribution in [2.45, 2.75) is 17.9 Å². The van der Waals surface area contributed by atoms with E-state index in [-0.39, 0.29) is 10.8 Å². The summed E-state index contributed by atoms with van der Waals surface area (Å²) < 4.78 is 33.2. The number of carbonyl (C=O) groups is 1. The molecule has 1 aliphatic rings. The number of nitrogens with zero attached hydrogens (tertiary/aromatic N) is 4. The number of para-hydroxylation sites is 1. The number of nitrogens with one attached hydrogen (secondary N) is 1. The topological polar surface area (TPSA) is 105 Å². The Balaban J connectivity index is 1.34. The molecule has 0 saturated carbocycles. The largest absolute Gasteiger partial charge is 0.481 e. The summed E-state index contributed by atoms with van der Waals surface area (Å²) in [6, 6.07) is 15.2. The molecule has 1 aliphatic heterocycles. The first-order valence-corrected chi connectivity index (χ1v) is 12.0. The lowest BCUT2D eigenvalue weighted by atomic mass is 10.3. The van der Waals surface area contributed by atoms with Gasteiger partial charge in [-0.25, -0.2) is 13.4 Å². The number of ether oxygens (including phenoxy) is 1. The zero-order valence-corrected chi connectivity index (χ0v) is 19.0. The summed E-state index contributed by atoms with van der Waals surface area (Å²) in [6.45, 7) is 3.43. The first kappa shape index (κ1) is 22.7. The molecule has 1 aromatic heterocycles. The first-order valence-electron chi connectivity index (χ1n) is 10.6. The number of hydrogen-bond donors (Lipinski definition) is 1. The van der Waals surface area contributed by atoms with Crippen LogP contribution < -0.4 is 15.0 Å². The molecule has 10 heteroatoms. The average Bonchev–Trinajstić information content (AvgIpc) is 2.85. The third kappa shape index (κ3) is 5.47. The quantitative estimate of drug-likeness (QED) is 0.569. The van der Waals surface area contributed by atoms with Gasteiger partial charge in [-0.3, -0.25) is 9.78 Å². The van der Waals surface area contributed by atoms with Crippen molar-refractivity contribution in [2.75, 3.05) is 36.4 Å². The number of rotatable bonds is 7. The molecule has 0 unspecified atom stereocenters. The van der Waals surface area contributed by atoms with Crippen molar-refractivity contribution in [2.24, 2.45) is 0 Å². The second-order valence-electron chi connectivity index (χ2n) is 7.54. The van der Waals surface area contributed by atoms with E-state index in [2.05, 4.69) is 15.3 Å². The van der Waals surface area contributed by atoms with Gasteiger partial charge in [0.05, 0.1) is 11.1 Å². The molecule has 33 heavy (non-hydrogen) atoms. The minimum Gasteiger partial charge on any atom is -0.481 e. The molecule has 3 aromatic rings. The molecular weight excluding hydrogens is 442 g/mol. The Bertz CT molecular complexity index is 1170. The van der Waals surface area contributed by atoms with Gasteiger partial charge in [-0.15, -0.1) is 0 Å². The van der Waals surface area contributed by atoms with Crippen LogP contribution in [0, 0.1) is 0 Å². The van der Waals surface area contributed by atoms with Crippen LogP contribution in [-0.2, 0) is 14.8 Å². The molecule has 1 saturated heterocycles. The minimum absolute atomic E-state index is 0.182. The zero-order chi connectivity index (χ0) is 23.3. The molecule has 1 fully saturated rings. The van der Waals surface area contributed by atoms with Crippen molar-refractivity contribution in [1.82, 2.24) is 14.3 Å². The van der Waals surface area contributed by atoms with Gasteiger partial charge in [0.15, 0.2) is 6.10 Å². The maximum Gasteiger partial charge on any atom is 0.265 e. The van der Waals surface area contributed by atoms with E-state index in [1.54, 1.807) is 49.8 Å². The molecule has 4 rings (SSSR count). The predicted molar refractivity (Wildman–Crippen MR) is 125 cm³/mol. The van der Waals surface area contributed by atoms with Crippen LogP contribution in [0.5, 0.6) is 5.75 Å². The molecule has 0 bridgehead atoms. The monoisotopic (exact) mass is 467 g/mol. The summed E-state index contributed by atoms with van der Waals surface area (Å²) in [4.78, 5) is 22.9. The highest BCUT2D eigenvalue weighted by molar-refractivity contribution is 7.89. The smallest absolute Gasteiger partial charge is 0.265 e. The molecule has 1 atom stereocenters. The molecule has 0 spiro atoms. The highest BCUT2D eigenvalue weighted by Gasteiger charge is 2.29. The molecular formula is C23H25N5O4S. The molecule has 2 aromatic carbocycles. The number of amides is 1. The Morgan fingerprint density at radius 1 is 1.00 bits per heavy atom. The van der Waals surface area contributed by atoms with Crippen molar-refractivity contribution in [3.63, 3.8) is 0 Å². The van der Waals surface area contributed by atoms with Crippen molar-refractivity contribution in [1.29, 1.82) is 0 Å². The van der Waals surface area contributed by atoms with Gasteiger partial charge in [-0.05, 0) is 43.3 Å². The van der Waals surface area contributed by atoms with E-state index in [4.69, 9.17) is 4.74 Å². The molecule has 1 amide bonds. The van der Waals surface area contributed by atoms with Crippen LogP contribution >= 0.6 is 0 Å². The summed E-state index contributed by atoms with van der Waals surface area (Å²) in [5.74, 6) is 1.01. The van der Waals surface area contributed by atoms with Crippen molar-refractivity contribution in [3.8, 4) is 5.75 Å². The first-order chi connectivity index (χ1) is 15.9. The van der Waals surface area contributed by atoms with E-state index in [1.165, 1.54) is 16.4 Å². The maximum atomic E-state index is 13.0. The van der Waals surface area contributed by atoms with Crippen LogP contribution in [-0.4, -0.2) is 60.9 Å². The SMILES string of the molecule is C[C@@H](Oc1ccccc1)C(=O)Nc1ccc(S(=O)(=O)N2CCN(c3cnccn3)CC2)cc1. The number of benzene rings is 2. The van der Waals surface area contributed by atoms with Crippen molar-refractivity contribution >= 4 is 27.4 Å². The van der Waals surface area contributed by atoms with Gasteiger partial charge < -0.3 is 15.0 Å². The highest BCUT2D eigenvalue weighted by Crippen LogP contribution is 2.21. The van der Waals surface area contributed by atoms with Gasteiger partial charge >= 0.3 is 0 Å². The third-order valence-electron chi connectivity index (χ3n) is 5.30. The second kappa shape index (κ2) is 9.97. The van der Waals surface area contributed by atoms with Crippen molar-refractivity contribution in [3.05, 3.63) is 73.2 Å². The van der Waals surface area contributed by atoms with E-state index >= 15 is 0 Å². The Labute approximate surface area is 193 Å². The number of anilines is 2. The number of piperazine rings is 1.